The third-order valence-electron chi connectivity index (χ3n) is 10.7. The summed E-state index contributed by atoms with van der Waals surface area (Å²) in [7, 11) is 0. The molecule has 0 radical (unpaired) electrons. The molecule has 0 spiro atoms. The first-order chi connectivity index (χ1) is 21.6. The minimum atomic E-state index is -1.04. The second-order valence-corrected chi connectivity index (χ2v) is 13.5. The standard InChI is InChI=1S/C38H56N4O2/c1-3-41(4-2)27-28-42(26-16-25-39-33-23-12-7-13-24-33)37(44)38(32-21-14-15-22-32,31-19-10-6-11-20-31)40-36(43)35-29-34(35)30-17-8-5-9-18-30/h5-6,8-11,17-20,32-35,39H,3-4,7,12-16,21-29H2,1-2H3,(H,40,43)/t34-,35+,38?/m0/s1. The van der Waals surface area contributed by atoms with E-state index in [1.165, 1.54) is 37.7 Å². The molecule has 2 amide bonds. The molecule has 0 heterocycles. The van der Waals surface area contributed by atoms with Crippen molar-refractivity contribution in [1.82, 2.24) is 20.4 Å². The van der Waals surface area contributed by atoms with Crippen molar-refractivity contribution < 1.29 is 9.59 Å². The minimum Gasteiger partial charge on any atom is -0.339 e. The lowest BCUT2D eigenvalue weighted by atomic mass is 9.75. The molecule has 3 saturated carbocycles. The van der Waals surface area contributed by atoms with Gasteiger partial charge in [-0.2, -0.15) is 0 Å². The zero-order valence-electron chi connectivity index (χ0n) is 27.3. The average Bonchev–Trinajstić information content (AvgIpc) is 3.70. The van der Waals surface area contributed by atoms with E-state index in [4.69, 9.17) is 0 Å². The molecule has 6 nitrogen and oxygen atoms in total. The summed E-state index contributed by atoms with van der Waals surface area (Å²) in [6, 6.07) is 21.2. The van der Waals surface area contributed by atoms with E-state index in [2.05, 4.69) is 70.7 Å². The average molecular weight is 601 g/mol. The van der Waals surface area contributed by atoms with Crippen molar-refractivity contribution in [2.75, 3.05) is 39.3 Å². The second-order valence-electron chi connectivity index (χ2n) is 13.5. The van der Waals surface area contributed by atoms with Crippen LogP contribution in [0, 0.1) is 11.8 Å². The van der Waals surface area contributed by atoms with E-state index in [0.29, 0.717) is 19.1 Å². The van der Waals surface area contributed by atoms with E-state index >= 15 is 4.79 Å². The van der Waals surface area contributed by atoms with Gasteiger partial charge in [-0.3, -0.25) is 9.59 Å². The zero-order chi connectivity index (χ0) is 30.8. The van der Waals surface area contributed by atoms with E-state index in [-0.39, 0.29) is 29.6 Å². The molecule has 0 saturated heterocycles. The van der Waals surface area contributed by atoms with Gasteiger partial charge in [0, 0.05) is 31.6 Å². The van der Waals surface area contributed by atoms with E-state index in [1.807, 2.05) is 24.3 Å². The van der Waals surface area contributed by atoms with Crippen LogP contribution in [0.5, 0.6) is 0 Å². The van der Waals surface area contributed by atoms with E-state index in [0.717, 1.165) is 70.3 Å². The molecule has 0 aromatic heterocycles. The van der Waals surface area contributed by atoms with Gasteiger partial charge in [-0.1, -0.05) is 107 Å². The van der Waals surface area contributed by atoms with E-state index in [1.54, 1.807) is 0 Å². The molecule has 2 aromatic rings. The van der Waals surface area contributed by atoms with Crippen LogP contribution in [-0.4, -0.2) is 66.9 Å². The Bertz CT molecular complexity index is 1160. The number of carbonyl (C=O) groups is 2. The number of hydrogen-bond acceptors (Lipinski definition) is 4. The quantitative estimate of drug-likeness (QED) is 0.217. The van der Waals surface area contributed by atoms with Crippen molar-refractivity contribution in [3.63, 3.8) is 0 Å². The van der Waals surface area contributed by atoms with E-state index in [9.17, 15) is 4.79 Å². The molecule has 0 aliphatic heterocycles. The highest BCUT2D eigenvalue weighted by Gasteiger charge is 2.54. The molecule has 3 aliphatic rings. The Balaban J connectivity index is 1.41. The first kappa shape index (κ1) is 32.7. The van der Waals surface area contributed by atoms with Crippen LogP contribution < -0.4 is 10.6 Å². The van der Waals surface area contributed by atoms with Crippen LogP contribution in [0.2, 0.25) is 0 Å². The van der Waals surface area contributed by atoms with Crippen molar-refractivity contribution in [2.45, 2.75) is 102 Å². The first-order valence-corrected chi connectivity index (χ1v) is 17.7. The summed E-state index contributed by atoms with van der Waals surface area (Å²) in [6.07, 6.45) is 12.4. The highest BCUT2D eigenvalue weighted by molar-refractivity contribution is 5.94. The molecular formula is C38H56N4O2. The van der Waals surface area contributed by atoms with Crippen LogP contribution >= 0.6 is 0 Å². The molecule has 44 heavy (non-hydrogen) atoms. The fourth-order valence-corrected chi connectivity index (χ4v) is 7.91. The number of hydrogen-bond donors (Lipinski definition) is 2. The van der Waals surface area contributed by atoms with Gasteiger partial charge < -0.3 is 20.4 Å². The number of benzene rings is 2. The summed E-state index contributed by atoms with van der Waals surface area (Å²) in [5, 5.41) is 7.32. The SMILES string of the molecule is CCN(CC)CCN(CCCNC1CCCCC1)C(=O)C(NC(=O)[C@@H]1C[C@H]1c1ccccc1)(c1ccccc1)C1CCCC1. The molecule has 3 aliphatic carbocycles. The van der Waals surface area contributed by atoms with Crippen LogP contribution in [0.1, 0.15) is 102 Å². The van der Waals surface area contributed by atoms with Gasteiger partial charge in [-0.25, -0.2) is 0 Å². The maximum atomic E-state index is 15.2. The molecule has 3 fully saturated rings. The molecule has 6 heteroatoms. The van der Waals surface area contributed by atoms with Crippen LogP contribution in [0.4, 0.5) is 0 Å². The fourth-order valence-electron chi connectivity index (χ4n) is 7.91. The van der Waals surface area contributed by atoms with Gasteiger partial charge in [0.25, 0.3) is 5.91 Å². The van der Waals surface area contributed by atoms with Crippen LogP contribution in [-0.2, 0) is 15.1 Å². The molecule has 3 atom stereocenters. The first-order valence-electron chi connectivity index (χ1n) is 17.7. The molecule has 240 valence electrons. The second kappa shape index (κ2) is 16.0. The third kappa shape index (κ3) is 7.92. The van der Waals surface area contributed by atoms with Gasteiger partial charge in [-0.05, 0) is 81.1 Å². The van der Waals surface area contributed by atoms with Crippen molar-refractivity contribution >= 4 is 11.8 Å². The normalized spacial score (nSPS) is 22.1. The molecule has 0 bridgehead atoms. The zero-order valence-corrected chi connectivity index (χ0v) is 27.3. The van der Waals surface area contributed by atoms with Crippen LogP contribution in [0.15, 0.2) is 60.7 Å². The Morgan fingerprint density at radius 3 is 2.09 bits per heavy atom. The Morgan fingerprint density at radius 2 is 1.43 bits per heavy atom. The minimum absolute atomic E-state index is 0.0330. The summed E-state index contributed by atoms with van der Waals surface area (Å²) in [6.45, 7) is 9.46. The summed E-state index contributed by atoms with van der Waals surface area (Å²) in [5.41, 5.74) is 1.12. The van der Waals surface area contributed by atoms with Crippen LogP contribution in [0.3, 0.4) is 0 Å². The van der Waals surface area contributed by atoms with Crippen molar-refractivity contribution in [3.8, 4) is 0 Å². The van der Waals surface area contributed by atoms with Gasteiger partial charge >= 0.3 is 0 Å². The van der Waals surface area contributed by atoms with Crippen molar-refractivity contribution in [2.24, 2.45) is 11.8 Å². The van der Waals surface area contributed by atoms with Crippen molar-refractivity contribution in [3.05, 3.63) is 71.8 Å². The summed E-state index contributed by atoms with van der Waals surface area (Å²) >= 11 is 0. The Morgan fingerprint density at radius 1 is 0.795 bits per heavy atom. The summed E-state index contributed by atoms with van der Waals surface area (Å²) < 4.78 is 0. The number of rotatable bonds is 16. The molecule has 5 rings (SSSR count). The number of amides is 2. The Hall–Kier alpha value is -2.70. The summed E-state index contributed by atoms with van der Waals surface area (Å²) in [4.78, 5) is 33.9. The topological polar surface area (TPSA) is 64.7 Å². The summed E-state index contributed by atoms with van der Waals surface area (Å²) in [5.74, 6) is 0.356. The molecular weight excluding hydrogens is 544 g/mol. The number of nitrogens with zero attached hydrogens (tertiary/aromatic N) is 2. The highest BCUT2D eigenvalue weighted by atomic mass is 16.2. The van der Waals surface area contributed by atoms with Gasteiger partial charge in [0.05, 0.1) is 0 Å². The lowest BCUT2D eigenvalue weighted by Crippen LogP contribution is -2.62. The molecule has 2 aromatic carbocycles. The van der Waals surface area contributed by atoms with Crippen LogP contribution in [0.25, 0.3) is 0 Å². The maximum absolute atomic E-state index is 15.2. The number of likely N-dealkylation sites (N-methyl/N-ethyl adjacent to an activating group) is 1. The smallest absolute Gasteiger partial charge is 0.253 e. The lowest BCUT2D eigenvalue weighted by molar-refractivity contribution is -0.146. The van der Waals surface area contributed by atoms with Gasteiger partial charge in [0.15, 0.2) is 0 Å². The number of carbonyl (C=O) groups excluding carboxylic acids is 2. The van der Waals surface area contributed by atoms with E-state index < -0.39 is 5.54 Å². The highest BCUT2D eigenvalue weighted by Crippen LogP contribution is 2.49. The van der Waals surface area contributed by atoms with Crippen molar-refractivity contribution in [1.29, 1.82) is 0 Å². The third-order valence-corrected chi connectivity index (χ3v) is 10.7. The Kier molecular flexibility index (Phi) is 11.9. The van der Waals surface area contributed by atoms with Gasteiger partial charge in [0.1, 0.15) is 5.54 Å². The Labute approximate surface area is 266 Å². The molecule has 2 N–H and O–H groups in total. The monoisotopic (exact) mass is 600 g/mol. The lowest BCUT2D eigenvalue weighted by Gasteiger charge is -2.43. The fraction of sp³-hybridized carbons (Fsp3) is 0.632. The number of nitrogens with one attached hydrogen (secondary N) is 2. The predicted molar refractivity (Wildman–Crippen MR) is 179 cm³/mol. The maximum Gasteiger partial charge on any atom is 0.253 e. The predicted octanol–water partition coefficient (Wildman–Crippen LogP) is 6.47. The molecule has 1 unspecified atom stereocenters. The van der Waals surface area contributed by atoms with Gasteiger partial charge in [0.2, 0.25) is 5.91 Å². The largest absolute Gasteiger partial charge is 0.339 e. The van der Waals surface area contributed by atoms with Gasteiger partial charge in [-0.15, -0.1) is 0 Å².